The Morgan fingerprint density at radius 2 is 0.929 bits per heavy atom. The molecule has 138 valence electrons. The van der Waals surface area contributed by atoms with E-state index in [1.807, 2.05) is 12.4 Å². The molecule has 0 bridgehead atoms. The zero-order valence-corrected chi connectivity index (χ0v) is 15.9. The number of nitrogens with one attached hydrogen (secondary N) is 4. The summed E-state index contributed by atoms with van der Waals surface area (Å²) in [7, 11) is 0. The van der Waals surface area contributed by atoms with Gasteiger partial charge in [0.25, 0.3) is 0 Å². The van der Waals surface area contributed by atoms with Gasteiger partial charge in [-0.05, 0) is 60.4 Å². The molecule has 2 heterocycles. The highest BCUT2D eigenvalue weighted by atomic mass is 15.0. The molecule has 3 aromatic carbocycles. The number of rotatable bonds is 2. The van der Waals surface area contributed by atoms with Crippen molar-refractivity contribution in [2.75, 3.05) is 21.3 Å². The monoisotopic (exact) mass is 366 g/mol. The molecule has 0 fully saturated rings. The van der Waals surface area contributed by atoms with Crippen LogP contribution < -0.4 is 21.3 Å². The smallest absolute Gasteiger partial charge is 0.0624 e. The Bertz CT molecular complexity index is 1030. The fraction of sp³-hybridized carbons (Fsp3) is 0.0833. The standard InChI is InChI=1S/C24H22N4/c1-15-3-9-19-21(11-15)25-13-23(27-19)17-5-7-18(8-6-17)24-14-26-22-12-16(2)4-10-20(22)28-24/h3-14,25-28H,1-2H3. The third-order valence-electron chi connectivity index (χ3n) is 5.14. The van der Waals surface area contributed by atoms with Gasteiger partial charge in [0.2, 0.25) is 0 Å². The van der Waals surface area contributed by atoms with Crippen molar-refractivity contribution in [3.05, 3.63) is 95.3 Å². The van der Waals surface area contributed by atoms with Crippen LogP contribution in [0.3, 0.4) is 0 Å². The van der Waals surface area contributed by atoms with Crippen molar-refractivity contribution in [1.29, 1.82) is 0 Å². The molecular formula is C24H22N4. The Labute approximate surface area is 165 Å². The largest absolute Gasteiger partial charge is 0.358 e. The molecule has 3 aromatic rings. The van der Waals surface area contributed by atoms with Gasteiger partial charge in [-0.25, -0.2) is 0 Å². The molecule has 28 heavy (non-hydrogen) atoms. The van der Waals surface area contributed by atoms with Gasteiger partial charge in [0.1, 0.15) is 0 Å². The molecule has 5 rings (SSSR count). The fourth-order valence-electron chi connectivity index (χ4n) is 3.58. The van der Waals surface area contributed by atoms with E-state index in [1.54, 1.807) is 0 Å². The summed E-state index contributed by atoms with van der Waals surface area (Å²) in [5, 5.41) is 13.8. The Kier molecular flexibility index (Phi) is 3.83. The molecule has 4 N–H and O–H groups in total. The van der Waals surface area contributed by atoms with E-state index < -0.39 is 0 Å². The Hall–Kier alpha value is -3.66. The summed E-state index contributed by atoms with van der Waals surface area (Å²) in [6.45, 7) is 4.20. The maximum absolute atomic E-state index is 3.51. The number of benzene rings is 3. The summed E-state index contributed by atoms with van der Waals surface area (Å²) >= 11 is 0. The molecule has 0 atom stereocenters. The second-order valence-electron chi connectivity index (χ2n) is 7.33. The number of aryl methyl sites for hydroxylation is 2. The highest BCUT2D eigenvalue weighted by molar-refractivity contribution is 5.90. The highest BCUT2D eigenvalue weighted by Gasteiger charge is 2.14. The van der Waals surface area contributed by atoms with Gasteiger partial charge in [-0.15, -0.1) is 0 Å². The number of hydrogen-bond donors (Lipinski definition) is 4. The predicted molar refractivity (Wildman–Crippen MR) is 119 cm³/mol. The van der Waals surface area contributed by atoms with Crippen LogP contribution in [0.25, 0.3) is 11.4 Å². The zero-order valence-electron chi connectivity index (χ0n) is 15.9. The molecule has 4 nitrogen and oxygen atoms in total. The van der Waals surface area contributed by atoms with E-state index in [9.17, 15) is 0 Å². The van der Waals surface area contributed by atoms with Crippen LogP contribution in [0.4, 0.5) is 22.7 Å². The predicted octanol–water partition coefficient (Wildman–Crippen LogP) is 5.98. The topological polar surface area (TPSA) is 48.1 Å². The van der Waals surface area contributed by atoms with E-state index in [0.717, 1.165) is 45.3 Å². The van der Waals surface area contributed by atoms with Gasteiger partial charge in [-0.1, -0.05) is 36.4 Å². The first kappa shape index (κ1) is 16.5. The molecule has 4 heteroatoms. The average molecular weight is 366 g/mol. The minimum Gasteiger partial charge on any atom is -0.358 e. The minimum atomic E-state index is 1.06. The Morgan fingerprint density at radius 1 is 0.500 bits per heavy atom. The van der Waals surface area contributed by atoms with Crippen molar-refractivity contribution in [3.8, 4) is 0 Å². The molecule has 0 spiro atoms. The molecule has 2 aliphatic rings. The van der Waals surface area contributed by atoms with Crippen molar-refractivity contribution < 1.29 is 0 Å². The molecule has 0 radical (unpaired) electrons. The SMILES string of the molecule is Cc1ccc2c(c1)NC=C(c1ccc(C3=CNc4cc(C)ccc4N3)cc1)N2. The molecule has 0 unspecified atom stereocenters. The van der Waals surface area contributed by atoms with Crippen LogP contribution in [0, 0.1) is 13.8 Å². The maximum atomic E-state index is 3.51. The second kappa shape index (κ2) is 6.50. The van der Waals surface area contributed by atoms with Crippen LogP contribution in [0.5, 0.6) is 0 Å². The summed E-state index contributed by atoms with van der Waals surface area (Å²) in [4.78, 5) is 0. The summed E-state index contributed by atoms with van der Waals surface area (Å²) in [5.41, 5.74) is 11.3. The molecule has 0 saturated carbocycles. The lowest BCUT2D eigenvalue weighted by Crippen LogP contribution is -2.10. The van der Waals surface area contributed by atoms with E-state index in [1.165, 1.54) is 11.1 Å². The number of fused-ring (bicyclic) bond motifs is 2. The number of anilines is 4. The van der Waals surface area contributed by atoms with E-state index >= 15 is 0 Å². The van der Waals surface area contributed by atoms with Gasteiger partial charge in [-0.3, -0.25) is 0 Å². The van der Waals surface area contributed by atoms with Gasteiger partial charge in [-0.2, -0.15) is 0 Å². The van der Waals surface area contributed by atoms with Crippen LogP contribution in [0.2, 0.25) is 0 Å². The van der Waals surface area contributed by atoms with Crippen molar-refractivity contribution in [2.45, 2.75) is 13.8 Å². The minimum absolute atomic E-state index is 1.06. The lowest BCUT2D eigenvalue weighted by molar-refractivity contribution is 1.39. The first-order valence-corrected chi connectivity index (χ1v) is 9.45. The zero-order chi connectivity index (χ0) is 19.1. The molecule has 0 amide bonds. The van der Waals surface area contributed by atoms with Crippen LogP contribution in [0.1, 0.15) is 22.3 Å². The van der Waals surface area contributed by atoms with Crippen LogP contribution in [-0.2, 0) is 0 Å². The van der Waals surface area contributed by atoms with Gasteiger partial charge < -0.3 is 21.3 Å². The lowest BCUT2D eigenvalue weighted by atomic mass is 10.0. The van der Waals surface area contributed by atoms with Crippen molar-refractivity contribution in [3.63, 3.8) is 0 Å². The quantitative estimate of drug-likeness (QED) is 0.451. The van der Waals surface area contributed by atoms with Gasteiger partial charge >= 0.3 is 0 Å². The summed E-state index contributed by atoms with van der Waals surface area (Å²) in [5.74, 6) is 0. The Morgan fingerprint density at radius 3 is 1.36 bits per heavy atom. The Balaban J connectivity index is 1.36. The van der Waals surface area contributed by atoms with Crippen LogP contribution in [0.15, 0.2) is 73.1 Å². The summed E-state index contributed by atoms with van der Waals surface area (Å²) in [6, 6.07) is 21.3. The molecule has 2 aliphatic heterocycles. The first-order chi connectivity index (χ1) is 13.7. The normalized spacial score (nSPS) is 14.2. The van der Waals surface area contributed by atoms with E-state index in [-0.39, 0.29) is 0 Å². The molecule has 0 aliphatic carbocycles. The van der Waals surface area contributed by atoms with E-state index in [4.69, 9.17) is 0 Å². The van der Waals surface area contributed by atoms with E-state index in [2.05, 4.69) is 95.8 Å². The average Bonchev–Trinajstić information content (AvgIpc) is 2.73. The molecular weight excluding hydrogens is 344 g/mol. The van der Waals surface area contributed by atoms with E-state index in [0.29, 0.717) is 0 Å². The molecule has 0 aromatic heterocycles. The van der Waals surface area contributed by atoms with Gasteiger partial charge in [0.15, 0.2) is 0 Å². The van der Waals surface area contributed by atoms with Crippen LogP contribution in [-0.4, -0.2) is 0 Å². The van der Waals surface area contributed by atoms with Crippen molar-refractivity contribution >= 4 is 34.1 Å². The van der Waals surface area contributed by atoms with Crippen LogP contribution >= 0.6 is 0 Å². The fourth-order valence-corrected chi connectivity index (χ4v) is 3.58. The number of hydrogen-bond acceptors (Lipinski definition) is 4. The van der Waals surface area contributed by atoms with Gasteiger partial charge in [0.05, 0.1) is 34.1 Å². The summed E-state index contributed by atoms with van der Waals surface area (Å²) < 4.78 is 0. The highest BCUT2D eigenvalue weighted by Crippen LogP contribution is 2.33. The summed E-state index contributed by atoms with van der Waals surface area (Å²) in [6.07, 6.45) is 4.05. The van der Waals surface area contributed by atoms with Crippen molar-refractivity contribution in [2.24, 2.45) is 0 Å². The molecule has 0 saturated heterocycles. The second-order valence-corrected chi connectivity index (χ2v) is 7.33. The third-order valence-corrected chi connectivity index (χ3v) is 5.14. The lowest BCUT2D eigenvalue weighted by Gasteiger charge is -2.22. The van der Waals surface area contributed by atoms with Gasteiger partial charge in [0, 0.05) is 12.4 Å². The third kappa shape index (κ3) is 2.99. The van der Waals surface area contributed by atoms with Crippen molar-refractivity contribution in [1.82, 2.24) is 0 Å². The maximum Gasteiger partial charge on any atom is 0.0624 e. The first-order valence-electron chi connectivity index (χ1n) is 9.45.